The summed E-state index contributed by atoms with van der Waals surface area (Å²) in [6.45, 7) is 9.96. The Morgan fingerprint density at radius 3 is 2.78 bits per heavy atom. The molecule has 7 nitrogen and oxygen atoms in total. The third-order valence-electron chi connectivity index (χ3n) is 6.94. The summed E-state index contributed by atoms with van der Waals surface area (Å²) in [6.07, 6.45) is 6.66. The normalized spacial score (nSPS) is 22.8. The van der Waals surface area contributed by atoms with E-state index >= 15 is 0 Å². The van der Waals surface area contributed by atoms with E-state index in [1.165, 1.54) is 41.6 Å². The second-order valence-corrected chi connectivity index (χ2v) is 11.1. The van der Waals surface area contributed by atoms with Gasteiger partial charge in [-0.25, -0.2) is 9.78 Å². The first-order valence-electron chi connectivity index (χ1n) is 11.1. The molecule has 2 bridgehead atoms. The van der Waals surface area contributed by atoms with Gasteiger partial charge < -0.3 is 5.32 Å². The highest BCUT2D eigenvalue weighted by Gasteiger charge is 2.42. The smallest absolute Gasteiger partial charge is 0.321 e. The molecule has 2 N–H and O–H groups in total. The van der Waals surface area contributed by atoms with E-state index in [1.54, 1.807) is 6.08 Å². The molecule has 172 valence electrons. The highest BCUT2D eigenvalue weighted by Crippen LogP contribution is 2.49. The fourth-order valence-electron chi connectivity index (χ4n) is 5.26. The van der Waals surface area contributed by atoms with Crippen LogP contribution in [-0.4, -0.2) is 33.3 Å². The molecule has 2 aliphatic rings. The van der Waals surface area contributed by atoms with Crippen LogP contribution < -0.4 is 16.2 Å². The predicted molar refractivity (Wildman–Crippen MR) is 129 cm³/mol. The average molecular weight is 475 g/mol. The summed E-state index contributed by atoms with van der Waals surface area (Å²) in [5, 5.41) is 6.45. The SMILES string of the molecule is C=CCn1c(SCC(=O)NC(=O)NC(C)C2CC3CCC2C3)nc2sc(C)c(C)c2c1=O. The number of nitrogens with zero attached hydrogens (tertiary/aromatic N) is 2. The number of urea groups is 1. The topological polar surface area (TPSA) is 93.1 Å². The van der Waals surface area contributed by atoms with Gasteiger partial charge in [0, 0.05) is 17.5 Å². The average Bonchev–Trinajstić information content (AvgIpc) is 3.44. The van der Waals surface area contributed by atoms with Gasteiger partial charge in [-0.15, -0.1) is 17.9 Å². The van der Waals surface area contributed by atoms with Gasteiger partial charge in [-0.3, -0.25) is 19.5 Å². The quantitative estimate of drug-likeness (QED) is 0.359. The minimum Gasteiger partial charge on any atom is -0.335 e. The van der Waals surface area contributed by atoms with Gasteiger partial charge in [-0.2, -0.15) is 0 Å². The number of rotatable bonds is 7. The summed E-state index contributed by atoms with van der Waals surface area (Å²) < 4.78 is 1.53. The molecule has 2 heterocycles. The van der Waals surface area contributed by atoms with Crippen LogP contribution in [0.15, 0.2) is 22.6 Å². The van der Waals surface area contributed by atoms with E-state index in [9.17, 15) is 14.4 Å². The van der Waals surface area contributed by atoms with Crippen LogP contribution in [0.5, 0.6) is 0 Å². The van der Waals surface area contributed by atoms with Crippen LogP contribution in [0.25, 0.3) is 10.2 Å². The van der Waals surface area contributed by atoms with Crippen molar-refractivity contribution in [3.05, 3.63) is 33.4 Å². The van der Waals surface area contributed by atoms with E-state index in [1.807, 2.05) is 20.8 Å². The Balaban J connectivity index is 1.38. The minimum absolute atomic E-state index is 0.00560. The molecule has 0 saturated heterocycles. The van der Waals surface area contributed by atoms with Crippen LogP contribution in [0.2, 0.25) is 0 Å². The van der Waals surface area contributed by atoms with Crippen molar-refractivity contribution in [2.75, 3.05) is 5.75 Å². The number of allylic oxidation sites excluding steroid dienone is 1. The van der Waals surface area contributed by atoms with Crippen LogP contribution in [0.1, 0.15) is 43.0 Å². The van der Waals surface area contributed by atoms with Crippen molar-refractivity contribution < 1.29 is 9.59 Å². The Morgan fingerprint density at radius 1 is 1.34 bits per heavy atom. The zero-order valence-electron chi connectivity index (χ0n) is 18.8. The molecule has 2 aliphatic carbocycles. The van der Waals surface area contributed by atoms with Gasteiger partial charge in [0.1, 0.15) is 4.83 Å². The van der Waals surface area contributed by atoms with E-state index in [0.717, 1.165) is 28.1 Å². The maximum absolute atomic E-state index is 13.0. The number of aromatic nitrogens is 2. The monoisotopic (exact) mass is 474 g/mol. The highest BCUT2D eigenvalue weighted by atomic mass is 32.2. The number of carbonyl (C=O) groups is 2. The van der Waals surface area contributed by atoms with Crippen molar-refractivity contribution in [2.24, 2.45) is 17.8 Å². The van der Waals surface area contributed by atoms with Crippen molar-refractivity contribution in [3.63, 3.8) is 0 Å². The Labute approximate surface area is 196 Å². The lowest BCUT2D eigenvalue weighted by molar-refractivity contribution is -0.117. The van der Waals surface area contributed by atoms with Crippen molar-refractivity contribution in [3.8, 4) is 0 Å². The van der Waals surface area contributed by atoms with Crippen molar-refractivity contribution in [2.45, 2.75) is 64.2 Å². The minimum atomic E-state index is -0.456. The van der Waals surface area contributed by atoms with Crippen LogP contribution in [0, 0.1) is 31.6 Å². The first-order chi connectivity index (χ1) is 15.3. The van der Waals surface area contributed by atoms with Crippen molar-refractivity contribution in [1.82, 2.24) is 20.2 Å². The van der Waals surface area contributed by atoms with Gasteiger partial charge in [0.2, 0.25) is 5.91 Å². The van der Waals surface area contributed by atoms with Crippen LogP contribution in [0.4, 0.5) is 4.79 Å². The van der Waals surface area contributed by atoms with Crippen LogP contribution in [-0.2, 0) is 11.3 Å². The lowest BCUT2D eigenvalue weighted by Crippen LogP contribution is -2.47. The third kappa shape index (κ3) is 4.50. The van der Waals surface area contributed by atoms with Gasteiger partial charge in [0.25, 0.3) is 5.56 Å². The molecule has 2 aromatic heterocycles. The van der Waals surface area contributed by atoms with E-state index in [2.05, 4.69) is 22.2 Å². The predicted octanol–water partition coefficient (Wildman–Crippen LogP) is 4.00. The number of amides is 3. The molecular weight excluding hydrogens is 444 g/mol. The molecule has 0 spiro atoms. The summed E-state index contributed by atoms with van der Waals surface area (Å²) in [5.41, 5.74) is 0.813. The molecule has 4 unspecified atom stereocenters. The first-order valence-corrected chi connectivity index (χ1v) is 12.9. The molecule has 32 heavy (non-hydrogen) atoms. The molecule has 4 atom stereocenters. The number of thioether (sulfide) groups is 1. The Morgan fingerprint density at radius 2 is 2.12 bits per heavy atom. The molecule has 0 radical (unpaired) electrons. The second-order valence-electron chi connectivity index (χ2n) is 9.00. The number of nitrogens with one attached hydrogen (secondary N) is 2. The number of hydrogen-bond donors (Lipinski definition) is 2. The lowest BCUT2D eigenvalue weighted by atomic mass is 9.84. The summed E-state index contributed by atoms with van der Waals surface area (Å²) in [6, 6.07) is -0.403. The van der Waals surface area contributed by atoms with E-state index in [0.29, 0.717) is 33.8 Å². The van der Waals surface area contributed by atoms with Crippen LogP contribution in [0.3, 0.4) is 0 Å². The number of aryl methyl sites for hydroxylation is 2. The van der Waals surface area contributed by atoms with E-state index in [-0.39, 0.29) is 17.4 Å². The third-order valence-corrected chi connectivity index (χ3v) is 9.02. The van der Waals surface area contributed by atoms with Gasteiger partial charge in [-0.1, -0.05) is 24.3 Å². The first kappa shape index (κ1) is 23.0. The molecule has 2 saturated carbocycles. The number of carbonyl (C=O) groups excluding carboxylic acids is 2. The van der Waals surface area contributed by atoms with E-state index < -0.39 is 11.9 Å². The summed E-state index contributed by atoms with van der Waals surface area (Å²) in [7, 11) is 0. The zero-order chi connectivity index (χ0) is 23.0. The molecular formula is C23H30N4O3S2. The molecule has 0 aliphatic heterocycles. The molecule has 0 aromatic carbocycles. The van der Waals surface area contributed by atoms with Gasteiger partial charge >= 0.3 is 6.03 Å². The van der Waals surface area contributed by atoms with Crippen molar-refractivity contribution in [1.29, 1.82) is 0 Å². The Bertz CT molecular complexity index is 1120. The fraction of sp³-hybridized carbons (Fsp3) is 0.565. The Kier molecular flexibility index (Phi) is 6.76. The zero-order valence-corrected chi connectivity index (χ0v) is 20.4. The lowest BCUT2D eigenvalue weighted by Gasteiger charge is -2.28. The second kappa shape index (κ2) is 9.39. The van der Waals surface area contributed by atoms with E-state index in [4.69, 9.17) is 0 Å². The van der Waals surface area contributed by atoms with Gasteiger partial charge in [0.05, 0.1) is 11.1 Å². The summed E-state index contributed by atoms with van der Waals surface area (Å²) >= 11 is 2.63. The number of hydrogen-bond acceptors (Lipinski definition) is 6. The molecule has 9 heteroatoms. The maximum atomic E-state index is 13.0. The molecule has 2 aromatic rings. The summed E-state index contributed by atoms with van der Waals surface area (Å²) in [4.78, 5) is 44.1. The van der Waals surface area contributed by atoms with Gasteiger partial charge in [-0.05, 0) is 63.4 Å². The summed E-state index contributed by atoms with van der Waals surface area (Å²) in [5.74, 6) is 1.60. The standard InChI is InChI=1S/C23H30N4O3S2/c1-5-8-27-21(29)19-12(2)14(4)32-20(19)26-23(27)31-11-18(28)25-22(30)24-13(3)17-10-15-6-7-16(17)9-15/h5,13,15-17H,1,6-11H2,2-4H3,(H2,24,25,28,30). The number of imide groups is 1. The van der Waals surface area contributed by atoms with Crippen molar-refractivity contribution >= 4 is 45.3 Å². The van der Waals surface area contributed by atoms with Crippen LogP contribution >= 0.6 is 23.1 Å². The fourth-order valence-corrected chi connectivity index (χ4v) is 7.14. The molecule has 4 rings (SSSR count). The Hall–Kier alpha value is -2.13. The number of thiophene rings is 1. The molecule has 2 fully saturated rings. The number of fused-ring (bicyclic) bond motifs is 3. The maximum Gasteiger partial charge on any atom is 0.321 e. The largest absolute Gasteiger partial charge is 0.335 e. The highest BCUT2D eigenvalue weighted by molar-refractivity contribution is 7.99. The van der Waals surface area contributed by atoms with Gasteiger partial charge in [0.15, 0.2) is 5.16 Å². The molecule has 3 amide bonds.